The Morgan fingerprint density at radius 3 is 2.53 bits per heavy atom. The van der Waals surface area contributed by atoms with Gasteiger partial charge in [-0.15, -0.1) is 0 Å². The molecule has 0 bridgehead atoms. The highest BCUT2D eigenvalue weighted by Crippen LogP contribution is 2.20. The van der Waals surface area contributed by atoms with E-state index in [-0.39, 0.29) is 6.04 Å². The molecule has 100 valence electrons. The smallest absolute Gasteiger partial charge is 0.0648 e. The van der Waals surface area contributed by atoms with E-state index in [0.717, 1.165) is 23.4 Å². The van der Waals surface area contributed by atoms with E-state index in [1.807, 2.05) is 19.9 Å². The maximum atomic E-state index is 5.70. The molecule has 0 saturated heterocycles. The van der Waals surface area contributed by atoms with E-state index in [9.17, 15) is 0 Å². The number of nitrogens with one attached hydrogen (secondary N) is 1. The zero-order chi connectivity index (χ0) is 13.8. The van der Waals surface area contributed by atoms with Crippen LogP contribution >= 0.6 is 22.6 Å². The second-order valence-electron chi connectivity index (χ2n) is 4.58. The van der Waals surface area contributed by atoms with Crippen molar-refractivity contribution in [2.45, 2.75) is 26.3 Å². The second kappa shape index (κ2) is 6.40. The van der Waals surface area contributed by atoms with Crippen molar-refractivity contribution in [3.63, 3.8) is 0 Å². The maximum Gasteiger partial charge on any atom is 0.0648 e. The van der Waals surface area contributed by atoms with E-state index in [2.05, 4.69) is 62.5 Å². The molecular formula is C14H17IN4. The van der Waals surface area contributed by atoms with Gasteiger partial charge in [-0.3, -0.25) is 11.3 Å². The van der Waals surface area contributed by atoms with Crippen molar-refractivity contribution in [1.29, 1.82) is 0 Å². The summed E-state index contributed by atoms with van der Waals surface area (Å²) >= 11 is 2.30. The molecule has 2 rings (SSSR count). The van der Waals surface area contributed by atoms with Gasteiger partial charge in [-0.05, 0) is 72.2 Å². The summed E-state index contributed by atoms with van der Waals surface area (Å²) in [6.45, 7) is 3.90. The molecule has 0 fully saturated rings. The molecule has 5 heteroatoms. The van der Waals surface area contributed by atoms with Crippen molar-refractivity contribution in [1.82, 2.24) is 15.6 Å². The Morgan fingerprint density at radius 2 is 1.89 bits per heavy atom. The summed E-state index contributed by atoms with van der Waals surface area (Å²) < 4.78 is 1.23. The highest BCUT2D eigenvalue weighted by atomic mass is 127. The number of hydrogen-bond acceptors (Lipinski definition) is 4. The molecule has 0 aliphatic rings. The predicted octanol–water partition coefficient (Wildman–Crippen LogP) is 2.45. The van der Waals surface area contributed by atoms with Crippen LogP contribution in [0.1, 0.15) is 28.6 Å². The van der Waals surface area contributed by atoms with Gasteiger partial charge in [0.25, 0.3) is 0 Å². The van der Waals surface area contributed by atoms with Crippen molar-refractivity contribution < 1.29 is 0 Å². The summed E-state index contributed by atoms with van der Waals surface area (Å²) in [4.78, 5) is 0. The normalized spacial score (nSPS) is 12.4. The van der Waals surface area contributed by atoms with Crippen molar-refractivity contribution >= 4 is 22.6 Å². The van der Waals surface area contributed by atoms with Crippen molar-refractivity contribution in [3.05, 3.63) is 56.4 Å². The SMILES string of the molecule is Cc1cc(C(Cc2ccc(I)cc2)NN)c(C)nn1. The quantitative estimate of drug-likeness (QED) is 0.494. The Balaban J connectivity index is 2.24. The Morgan fingerprint density at radius 1 is 1.21 bits per heavy atom. The Hall–Kier alpha value is -1.05. The van der Waals surface area contributed by atoms with E-state index < -0.39 is 0 Å². The van der Waals surface area contributed by atoms with Gasteiger partial charge in [-0.1, -0.05) is 12.1 Å². The van der Waals surface area contributed by atoms with Crippen LogP contribution in [0.3, 0.4) is 0 Å². The fourth-order valence-electron chi connectivity index (χ4n) is 2.04. The molecule has 19 heavy (non-hydrogen) atoms. The van der Waals surface area contributed by atoms with E-state index in [1.54, 1.807) is 0 Å². The first-order valence-electron chi connectivity index (χ1n) is 6.11. The van der Waals surface area contributed by atoms with Gasteiger partial charge in [-0.2, -0.15) is 10.2 Å². The summed E-state index contributed by atoms with van der Waals surface area (Å²) in [5, 5.41) is 8.21. The highest BCUT2D eigenvalue weighted by molar-refractivity contribution is 14.1. The number of hydrogen-bond donors (Lipinski definition) is 2. The van der Waals surface area contributed by atoms with Crippen LogP contribution < -0.4 is 11.3 Å². The molecule has 3 N–H and O–H groups in total. The summed E-state index contributed by atoms with van der Waals surface area (Å²) in [6.07, 6.45) is 0.833. The zero-order valence-corrected chi connectivity index (χ0v) is 13.2. The number of rotatable bonds is 4. The third kappa shape index (κ3) is 3.71. The molecule has 1 atom stereocenters. The van der Waals surface area contributed by atoms with Gasteiger partial charge in [0.2, 0.25) is 0 Å². The van der Waals surface area contributed by atoms with Gasteiger partial charge in [-0.25, -0.2) is 0 Å². The summed E-state index contributed by atoms with van der Waals surface area (Å²) in [5.74, 6) is 5.70. The van der Waals surface area contributed by atoms with Crippen LogP contribution in [0.4, 0.5) is 0 Å². The predicted molar refractivity (Wildman–Crippen MR) is 84.4 cm³/mol. The highest BCUT2D eigenvalue weighted by Gasteiger charge is 2.14. The fourth-order valence-corrected chi connectivity index (χ4v) is 2.40. The van der Waals surface area contributed by atoms with Crippen molar-refractivity contribution in [2.24, 2.45) is 5.84 Å². The lowest BCUT2D eigenvalue weighted by molar-refractivity contribution is 0.544. The summed E-state index contributed by atoms with van der Waals surface area (Å²) in [5.41, 5.74) is 7.05. The lowest BCUT2D eigenvalue weighted by Crippen LogP contribution is -2.30. The Bertz CT molecular complexity index is 554. The molecule has 0 spiro atoms. The topological polar surface area (TPSA) is 63.8 Å². The number of aryl methyl sites for hydroxylation is 2. The molecule has 0 aliphatic heterocycles. The van der Waals surface area contributed by atoms with Gasteiger partial charge in [0.15, 0.2) is 0 Å². The van der Waals surface area contributed by atoms with E-state index in [0.29, 0.717) is 0 Å². The van der Waals surface area contributed by atoms with E-state index >= 15 is 0 Å². The first kappa shape index (κ1) is 14.4. The van der Waals surface area contributed by atoms with Gasteiger partial charge < -0.3 is 0 Å². The lowest BCUT2D eigenvalue weighted by atomic mass is 9.98. The Kier molecular flexibility index (Phi) is 4.84. The minimum absolute atomic E-state index is 0.0502. The number of halogens is 1. The fraction of sp³-hybridized carbons (Fsp3) is 0.286. The van der Waals surface area contributed by atoms with Gasteiger partial charge in [0.1, 0.15) is 0 Å². The van der Waals surface area contributed by atoms with Crippen LogP contribution in [0.5, 0.6) is 0 Å². The first-order chi connectivity index (χ1) is 9.10. The molecule has 0 amide bonds. The van der Waals surface area contributed by atoms with Gasteiger partial charge in [0, 0.05) is 3.57 Å². The largest absolute Gasteiger partial charge is 0.271 e. The van der Waals surface area contributed by atoms with Crippen LogP contribution in [0.25, 0.3) is 0 Å². The number of benzene rings is 1. The molecule has 1 aromatic carbocycles. The van der Waals surface area contributed by atoms with E-state index in [1.165, 1.54) is 9.13 Å². The number of aromatic nitrogens is 2. The molecule has 0 aliphatic carbocycles. The Labute approximate surface area is 126 Å². The average molecular weight is 368 g/mol. The molecule has 0 saturated carbocycles. The standard InChI is InChI=1S/C14H17IN4/c1-9-7-13(10(2)19-18-9)14(17-16)8-11-3-5-12(15)6-4-11/h3-7,14,17H,8,16H2,1-2H3. The molecule has 4 nitrogen and oxygen atoms in total. The third-order valence-electron chi connectivity index (χ3n) is 3.07. The van der Waals surface area contributed by atoms with E-state index in [4.69, 9.17) is 5.84 Å². The number of hydrazine groups is 1. The van der Waals surface area contributed by atoms with Crippen LogP contribution in [-0.4, -0.2) is 10.2 Å². The third-order valence-corrected chi connectivity index (χ3v) is 3.79. The van der Waals surface area contributed by atoms with Crippen LogP contribution in [0.2, 0.25) is 0 Å². The second-order valence-corrected chi connectivity index (χ2v) is 5.82. The first-order valence-corrected chi connectivity index (χ1v) is 7.19. The average Bonchev–Trinajstić information content (AvgIpc) is 2.41. The molecule has 0 radical (unpaired) electrons. The summed E-state index contributed by atoms with van der Waals surface area (Å²) in [6, 6.07) is 10.6. The molecule has 1 unspecified atom stereocenters. The van der Waals surface area contributed by atoms with Crippen LogP contribution in [0, 0.1) is 17.4 Å². The number of nitrogens with zero attached hydrogens (tertiary/aromatic N) is 2. The van der Waals surface area contributed by atoms with Crippen molar-refractivity contribution in [2.75, 3.05) is 0 Å². The van der Waals surface area contributed by atoms with Crippen LogP contribution in [0.15, 0.2) is 30.3 Å². The van der Waals surface area contributed by atoms with Gasteiger partial charge in [0.05, 0.1) is 17.4 Å². The molecular weight excluding hydrogens is 351 g/mol. The zero-order valence-electron chi connectivity index (χ0n) is 11.0. The number of nitrogens with two attached hydrogens (primary N) is 1. The minimum Gasteiger partial charge on any atom is -0.271 e. The monoisotopic (exact) mass is 368 g/mol. The minimum atomic E-state index is 0.0502. The molecule has 1 aromatic heterocycles. The van der Waals surface area contributed by atoms with Gasteiger partial charge >= 0.3 is 0 Å². The summed E-state index contributed by atoms with van der Waals surface area (Å²) in [7, 11) is 0. The maximum absolute atomic E-state index is 5.70. The van der Waals surface area contributed by atoms with Crippen LogP contribution in [-0.2, 0) is 6.42 Å². The molecule has 2 aromatic rings. The van der Waals surface area contributed by atoms with Crippen molar-refractivity contribution in [3.8, 4) is 0 Å². The lowest BCUT2D eigenvalue weighted by Gasteiger charge is -2.18. The molecule has 1 heterocycles.